The minimum Gasteiger partial charge on any atom is -0.486 e. The van der Waals surface area contributed by atoms with E-state index in [1.165, 1.54) is 0 Å². The maximum Gasteiger partial charge on any atom is 0.410 e. The number of aliphatic hydroxyl groups is 2. The van der Waals surface area contributed by atoms with Gasteiger partial charge in [0.05, 0.1) is 24.9 Å². The maximum absolute atomic E-state index is 12.1. The molecule has 1 fully saturated rings. The molecule has 0 radical (unpaired) electrons. The molecule has 1 saturated heterocycles. The molecule has 1 amide bonds. The number of amides is 1. The van der Waals surface area contributed by atoms with Crippen molar-refractivity contribution in [3.8, 4) is 5.75 Å². The Bertz CT molecular complexity index is 573. The van der Waals surface area contributed by atoms with Crippen LogP contribution in [-0.2, 0) is 4.74 Å². The van der Waals surface area contributed by atoms with Gasteiger partial charge in [0.15, 0.2) is 0 Å². The van der Waals surface area contributed by atoms with Crippen LogP contribution >= 0.6 is 0 Å². The highest BCUT2D eigenvalue weighted by Crippen LogP contribution is 2.27. The molecule has 3 N–H and O–H groups in total. The molecule has 1 aliphatic rings. The summed E-state index contributed by atoms with van der Waals surface area (Å²) in [5, 5.41) is 21.4. The van der Waals surface area contributed by atoms with E-state index in [0.717, 1.165) is 12.1 Å². The van der Waals surface area contributed by atoms with Gasteiger partial charge in [-0.05, 0) is 32.9 Å². The lowest BCUT2D eigenvalue weighted by molar-refractivity contribution is 0.0276. The zero-order valence-electron chi connectivity index (χ0n) is 15.1. The molecular weight excluding hydrogens is 324 g/mol. The van der Waals surface area contributed by atoms with Crippen LogP contribution in [-0.4, -0.2) is 65.3 Å². The van der Waals surface area contributed by atoms with Crippen molar-refractivity contribution < 1.29 is 24.5 Å². The Hall–Kier alpha value is -1.99. The molecule has 7 nitrogen and oxygen atoms in total. The van der Waals surface area contributed by atoms with E-state index in [1.807, 2.05) is 45.0 Å². The quantitative estimate of drug-likeness (QED) is 0.724. The lowest BCUT2D eigenvalue weighted by Gasteiger charge is -2.24. The van der Waals surface area contributed by atoms with Gasteiger partial charge in [-0.1, -0.05) is 12.1 Å². The number of aliphatic hydroxyl groups excluding tert-OH is 2. The number of nitrogens with zero attached hydrogens (tertiary/aromatic N) is 1. The molecule has 2 unspecified atom stereocenters. The predicted molar refractivity (Wildman–Crippen MR) is 94.9 cm³/mol. The van der Waals surface area contributed by atoms with Crippen LogP contribution in [0, 0.1) is 0 Å². The van der Waals surface area contributed by atoms with E-state index in [4.69, 9.17) is 14.6 Å². The molecular formula is C18H28N2O5. The molecule has 7 heteroatoms. The Morgan fingerprint density at radius 2 is 2.12 bits per heavy atom. The minimum absolute atomic E-state index is 0.113. The van der Waals surface area contributed by atoms with E-state index < -0.39 is 11.7 Å². The summed E-state index contributed by atoms with van der Waals surface area (Å²) in [6, 6.07) is 7.41. The zero-order valence-corrected chi connectivity index (χ0v) is 15.1. The Morgan fingerprint density at radius 1 is 1.40 bits per heavy atom. The Labute approximate surface area is 148 Å². The molecule has 0 aromatic heterocycles. The average Bonchev–Trinajstić information content (AvgIpc) is 3.01. The standard InChI is InChI=1S/C18H28N2O5/c1-18(2,3)25-17(23)20-9-8-14(11-20)24-16-7-5-4-6-15(16)19-10-13(22)12-21/h4-7,13-14,19,21-22H,8-12H2,1-3H3. The van der Waals surface area contributed by atoms with Crippen LogP contribution in [0.25, 0.3) is 0 Å². The van der Waals surface area contributed by atoms with Crippen molar-refractivity contribution in [3.63, 3.8) is 0 Å². The molecule has 1 aromatic carbocycles. The Kier molecular flexibility index (Phi) is 6.50. The van der Waals surface area contributed by atoms with E-state index in [0.29, 0.717) is 18.8 Å². The summed E-state index contributed by atoms with van der Waals surface area (Å²) in [5.74, 6) is 0.656. The molecule has 25 heavy (non-hydrogen) atoms. The first-order valence-corrected chi connectivity index (χ1v) is 8.55. The van der Waals surface area contributed by atoms with Gasteiger partial charge in [-0.15, -0.1) is 0 Å². The number of ether oxygens (including phenoxy) is 2. The van der Waals surface area contributed by atoms with Crippen LogP contribution in [0.2, 0.25) is 0 Å². The van der Waals surface area contributed by atoms with Gasteiger partial charge in [0.1, 0.15) is 17.5 Å². The summed E-state index contributed by atoms with van der Waals surface area (Å²) in [4.78, 5) is 13.8. The molecule has 0 aliphatic carbocycles. The first kappa shape index (κ1) is 19.3. The largest absolute Gasteiger partial charge is 0.486 e. The summed E-state index contributed by atoms with van der Waals surface area (Å²) < 4.78 is 11.4. The van der Waals surface area contributed by atoms with E-state index >= 15 is 0 Å². The van der Waals surface area contributed by atoms with Gasteiger partial charge in [0.25, 0.3) is 0 Å². The first-order chi connectivity index (χ1) is 11.8. The molecule has 1 aromatic rings. The summed E-state index contributed by atoms with van der Waals surface area (Å²) in [6.45, 7) is 6.53. The monoisotopic (exact) mass is 352 g/mol. The second-order valence-corrected chi connectivity index (χ2v) is 7.17. The molecule has 1 aliphatic heterocycles. The number of carbonyl (C=O) groups excluding carboxylic acids is 1. The van der Waals surface area contributed by atoms with Crippen molar-refractivity contribution in [2.75, 3.05) is 31.6 Å². The zero-order chi connectivity index (χ0) is 18.4. The summed E-state index contributed by atoms with van der Waals surface area (Å²) in [6.07, 6.45) is -0.538. The van der Waals surface area contributed by atoms with Crippen molar-refractivity contribution in [1.29, 1.82) is 0 Å². The van der Waals surface area contributed by atoms with Gasteiger partial charge in [0.2, 0.25) is 0 Å². The van der Waals surface area contributed by atoms with Crippen LogP contribution in [0.5, 0.6) is 5.75 Å². The highest BCUT2D eigenvalue weighted by atomic mass is 16.6. The van der Waals surface area contributed by atoms with Crippen LogP contribution < -0.4 is 10.1 Å². The van der Waals surface area contributed by atoms with Crippen molar-refractivity contribution in [2.24, 2.45) is 0 Å². The third-order valence-electron chi connectivity index (χ3n) is 3.72. The summed E-state index contributed by atoms with van der Waals surface area (Å²) in [7, 11) is 0. The van der Waals surface area contributed by atoms with Crippen LogP contribution in [0.1, 0.15) is 27.2 Å². The Morgan fingerprint density at radius 3 is 2.80 bits per heavy atom. The number of hydrogen-bond donors (Lipinski definition) is 3. The third-order valence-corrected chi connectivity index (χ3v) is 3.72. The molecule has 1 heterocycles. The SMILES string of the molecule is CC(C)(C)OC(=O)N1CCC(Oc2ccccc2NCC(O)CO)C1. The second kappa shape index (κ2) is 8.40. The highest BCUT2D eigenvalue weighted by molar-refractivity contribution is 5.68. The van der Waals surface area contributed by atoms with Gasteiger partial charge in [-0.25, -0.2) is 4.79 Å². The molecule has 0 saturated carbocycles. The third kappa shape index (κ3) is 6.10. The van der Waals surface area contributed by atoms with Gasteiger partial charge >= 0.3 is 6.09 Å². The molecule has 2 rings (SSSR count). The lowest BCUT2D eigenvalue weighted by Crippen LogP contribution is -2.36. The van der Waals surface area contributed by atoms with E-state index in [9.17, 15) is 9.90 Å². The number of rotatable bonds is 6. The molecule has 0 bridgehead atoms. The smallest absolute Gasteiger partial charge is 0.410 e. The number of anilines is 1. The van der Waals surface area contributed by atoms with Crippen molar-refractivity contribution in [3.05, 3.63) is 24.3 Å². The second-order valence-electron chi connectivity index (χ2n) is 7.17. The maximum atomic E-state index is 12.1. The number of hydrogen-bond acceptors (Lipinski definition) is 6. The number of benzene rings is 1. The van der Waals surface area contributed by atoms with Crippen molar-refractivity contribution in [1.82, 2.24) is 4.90 Å². The Balaban J connectivity index is 1.92. The average molecular weight is 352 g/mol. The van der Waals surface area contributed by atoms with Gasteiger partial charge in [-0.2, -0.15) is 0 Å². The lowest BCUT2D eigenvalue weighted by atomic mass is 10.2. The van der Waals surface area contributed by atoms with Gasteiger partial charge in [-0.3, -0.25) is 0 Å². The molecule has 0 spiro atoms. The number of para-hydroxylation sites is 2. The first-order valence-electron chi connectivity index (χ1n) is 8.55. The molecule has 2 atom stereocenters. The van der Waals surface area contributed by atoms with Crippen LogP contribution in [0.3, 0.4) is 0 Å². The number of carbonyl (C=O) groups is 1. The minimum atomic E-state index is -0.831. The number of nitrogens with one attached hydrogen (secondary N) is 1. The fourth-order valence-corrected chi connectivity index (χ4v) is 2.50. The van der Waals surface area contributed by atoms with Crippen molar-refractivity contribution in [2.45, 2.75) is 45.0 Å². The summed E-state index contributed by atoms with van der Waals surface area (Å²) >= 11 is 0. The fourth-order valence-electron chi connectivity index (χ4n) is 2.50. The van der Waals surface area contributed by atoms with E-state index in [-0.39, 0.29) is 25.3 Å². The van der Waals surface area contributed by atoms with Crippen LogP contribution in [0.15, 0.2) is 24.3 Å². The summed E-state index contributed by atoms with van der Waals surface area (Å²) in [5.41, 5.74) is 0.228. The van der Waals surface area contributed by atoms with Gasteiger partial charge in [0, 0.05) is 19.5 Å². The molecule has 140 valence electrons. The predicted octanol–water partition coefficient (Wildman–Crippen LogP) is 1.84. The van der Waals surface area contributed by atoms with Crippen LogP contribution in [0.4, 0.5) is 10.5 Å². The van der Waals surface area contributed by atoms with Gasteiger partial charge < -0.3 is 29.9 Å². The van der Waals surface area contributed by atoms with Crippen molar-refractivity contribution >= 4 is 11.8 Å². The normalized spacial score (nSPS) is 18.8. The fraction of sp³-hybridized carbons (Fsp3) is 0.611. The van der Waals surface area contributed by atoms with E-state index in [1.54, 1.807) is 4.90 Å². The number of likely N-dealkylation sites (tertiary alicyclic amines) is 1. The van der Waals surface area contributed by atoms with E-state index in [2.05, 4.69) is 5.32 Å². The highest BCUT2D eigenvalue weighted by Gasteiger charge is 2.31. The topological polar surface area (TPSA) is 91.3 Å².